The van der Waals surface area contributed by atoms with Crippen LogP contribution in [0.15, 0.2) is 42.4 Å². The Morgan fingerprint density at radius 2 is 2.03 bits per heavy atom. The minimum absolute atomic E-state index is 0.376. The van der Waals surface area contributed by atoms with E-state index in [-0.39, 0.29) is 0 Å². The van der Waals surface area contributed by atoms with Crippen molar-refractivity contribution >= 4 is 18.3 Å². The topological polar surface area (TPSA) is 121 Å². The van der Waals surface area contributed by atoms with Crippen molar-refractivity contribution in [2.45, 2.75) is 39.8 Å². The van der Waals surface area contributed by atoms with Crippen LogP contribution in [0.3, 0.4) is 0 Å². The summed E-state index contributed by atoms with van der Waals surface area (Å²) in [5.41, 5.74) is 3.67. The van der Waals surface area contributed by atoms with E-state index in [1.165, 1.54) is 6.21 Å². The number of benzene rings is 1. The summed E-state index contributed by atoms with van der Waals surface area (Å²) in [6.45, 7) is 9.04. The van der Waals surface area contributed by atoms with E-state index in [0.717, 1.165) is 22.4 Å². The molecule has 9 nitrogen and oxygen atoms in total. The van der Waals surface area contributed by atoms with Crippen LogP contribution in [0.2, 0.25) is 0 Å². The number of allylic oxidation sites excluding steroid dienone is 1. The normalized spacial score (nSPS) is 11.6. The average molecular weight is 441 g/mol. The van der Waals surface area contributed by atoms with Crippen LogP contribution in [0.25, 0.3) is 11.3 Å². The molecule has 0 saturated heterocycles. The number of ether oxygens (including phenoxy) is 2. The second-order valence-corrected chi connectivity index (χ2v) is 8.08. The lowest BCUT2D eigenvalue weighted by molar-refractivity contribution is 0.0523. The number of carbonyl (C=O) groups excluding carboxylic acids is 1. The first-order chi connectivity index (χ1) is 15.2. The Hall–Kier alpha value is -3.46. The molecule has 32 heavy (non-hydrogen) atoms. The Bertz CT molecular complexity index is 953. The molecule has 0 aliphatic carbocycles. The first kappa shape index (κ1) is 24.8. The van der Waals surface area contributed by atoms with Gasteiger partial charge in [0.25, 0.3) is 0 Å². The number of hydrogen-bond acceptors (Lipinski definition) is 8. The van der Waals surface area contributed by atoms with Crippen molar-refractivity contribution < 1.29 is 14.3 Å². The number of amides is 1. The van der Waals surface area contributed by atoms with Crippen LogP contribution in [0.5, 0.6) is 0 Å². The van der Waals surface area contributed by atoms with Crippen LogP contribution >= 0.6 is 0 Å². The number of hydrogen-bond donors (Lipinski definition) is 4. The summed E-state index contributed by atoms with van der Waals surface area (Å²) in [5.74, 6) is 0.388. The molecule has 0 atom stereocenters. The Kier molecular flexibility index (Phi) is 9.15. The molecule has 1 heterocycles. The Morgan fingerprint density at radius 3 is 2.69 bits per heavy atom. The molecule has 0 saturated carbocycles. The minimum atomic E-state index is -0.533. The molecule has 172 valence electrons. The van der Waals surface area contributed by atoms with E-state index in [4.69, 9.17) is 14.9 Å². The van der Waals surface area contributed by atoms with E-state index in [0.29, 0.717) is 31.3 Å². The highest BCUT2D eigenvalue weighted by molar-refractivity contribution is 5.79. The first-order valence-corrected chi connectivity index (χ1v) is 10.3. The Labute approximate surface area is 189 Å². The number of aryl methyl sites for hydroxylation is 1. The van der Waals surface area contributed by atoms with E-state index in [9.17, 15) is 4.79 Å². The fraction of sp³-hybridized carbons (Fsp3) is 0.391. The van der Waals surface area contributed by atoms with Gasteiger partial charge in [-0.15, -0.1) is 0 Å². The molecule has 0 aliphatic rings. The van der Waals surface area contributed by atoms with Crippen molar-refractivity contribution in [3.05, 3.63) is 53.5 Å². The number of rotatable bonds is 10. The van der Waals surface area contributed by atoms with Gasteiger partial charge in [0.2, 0.25) is 5.95 Å². The smallest absolute Gasteiger partial charge is 0.407 e. The van der Waals surface area contributed by atoms with Crippen molar-refractivity contribution in [3.8, 4) is 11.3 Å². The van der Waals surface area contributed by atoms with Crippen molar-refractivity contribution in [2.75, 3.05) is 25.6 Å². The number of anilines is 1. The fourth-order valence-corrected chi connectivity index (χ4v) is 2.70. The molecule has 9 heteroatoms. The van der Waals surface area contributed by atoms with Crippen molar-refractivity contribution in [1.29, 1.82) is 5.41 Å². The summed E-state index contributed by atoms with van der Waals surface area (Å²) < 4.78 is 10.3. The van der Waals surface area contributed by atoms with Crippen LogP contribution < -0.4 is 16.0 Å². The van der Waals surface area contributed by atoms with E-state index in [2.05, 4.69) is 25.9 Å². The van der Waals surface area contributed by atoms with Crippen LogP contribution in [0, 0.1) is 12.3 Å². The van der Waals surface area contributed by atoms with Crippen molar-refractivity contribution in [1.82, 2.24) is 20.6 Å². The molecule has 0 fully saturated rings. The summed E-state index contributed by atoms with van der Waals surface area (Å²) in [4.78, 5) is 20.7. The SMILES string of the molecule is COCCN/C=C(\C=N)Nc1nccc(-c2ccc(CNC(=O)OC(C)(C)C)c(C)c2)n1. The predicted octanol–water partition coefficient (Wildman–Crippen LogP) is 3.62. The predicted molar refractivity (Wildman–Crippen MR) is 126 cm³/mol. The lowest BCUT2D eigenvalue weighted by Gasteiger charge is -2.20. The summed E-state index contributed by atoms with van der Waals surface area (Å²) in [6, 6.07) is 7.74. The average Bonchev–Trinajstić information content (AvgIpc) is 2.74. The Morgan fingerprint density at radius 1 is 1.25 bits per heavy atom. The van der Waals surface area contributed by atoms with Crippen LogP contribution in [-0.2, 0) is 16.0 Å². The fourth-order valence-electron chi connectivity index (χ4n) is 2.70. The first-order valence-electron chi connectivity index (χ1n) is 10.3. The van der Waals surface area contributed by atoms with E-state index >= 15 is 0 Å². The standard InChI is InChI=1S/C23H32N6O3/c1-16-12-17(6-7-18(16)14-27-22(30)32-23(2,3)4)20-8-9-26-21(29-20)28-19(13-24)15-25-10-11-31-5/h6-9,12-13,15,24-25H,10-11,14H2,1-5H3,(H,27,30)(H,26,28,29)/b19-15+,24-13?. The summed E-state index contributed by atoms with van der Waals surface area (Å²) in [7, 11) is 1.63. The molecule has 2 aromatic rings. The number of carbonyl (C=O) groups is 1. The van der Waals surface area contributed by atoms with Crippen LogP contribution in [-0.4, -0.2) is 48.1 Å². The van der Waals surface area contributed by atoms with Crippen molar-refractivity contribution in [2.24, 2.45) is 0 Å². The monoisotopic (exact) mass is 440 g/mol. The number of nitrogens with one attached hydrogen (secondary N) is 4. The maximum absolute atomic E-state index is 11.9. The number of alkyl carbamates (subject to hydrolysis) is 1. The second kappa shape index (κ2) is 11.8. The third-order valence-corrected chi connectivity index (χ3v) is 4.24. The molecule has 1 amide bonds. The summed E-state index contributed by atoms with van der Waals surface area (Å²) >= 11 is 0. The quantitative estimate of drug-likeness (QED) is 0.329. The van der Waals surface area contributed by atoms with Gasteiger partial charge in [-0.3, -0.25) is 0 Å². The molecule has 0 spiro atoms. The minimum Gasteiger partial charge on any atom is -0.444 e. The molecule has 1 aromatic carbocycles. The molecule has 4 N–H and O–H groups in total. The molecule has 0 unspecified atom stereocenters. The van der Waals surface area contributed by atoms with Gasteiger partial charge in [-0.05, 0) is 51.0 Å². The van der Waals surface area contributed by atoms with Gasteiger partial charge in [-0.1, -0.05) is 12.1 Å². The van der Waals surface area contributed by atoms with E-state index < -0.39 is 11.7 Å². The lowest BCUT2D eigenvalue weighted by Crippen LogP contribution is -2.32. The van der Waals surface area contributed by atoms with Crippen molar-refractivity contribution in [3.63, 3.8) is 0 Å². The van der Waals surface area contributed by atoms with Gasteiger partial charge < -0.3 is 30.8 Å². The molecular weight excluding hydrogens is 408 g/mol. The maximum Gasteiger partial charge on any atom is 0.407 e. The highest BCUT2D eigenvalue weighted by Gasteiger charge is 2.16. The third kappa shape index (κ3) is 8.35. The largest absolute Gasteiger partial charge is 0.444 e. The summed E-state index contributed by atoms with van der Waals surface area (Å²) in [5, 5.41) is 16.4. The number of nitrogens with zero attached hydrogens (tertiary/aromatic N) is 2. The Balaban J connectivity index is 2.06. The van der Waals surface area contributed by atoms with Gasteiger partial charge in [0, 0.05) is 44.4 Å². The van der Waals surface area contributed by atoms with E-state index in [1.54, 1.807) is 19.5 Å². The van der Waals surface area contributed by atoms with E-state index in [1.807, 2.05) is 52.0 Å². The van der Waals surface area contributed by atoms with Gasteiger partial charge in [0.1, 0.15) is 5.60 Å². The zero-order chi connectivity index (χ0) is 23.6. The van der Waals surface area contributed by atoms with Crippen LogP contribution in [0.1, 0.15) is 31.9 Å². The highest BCUT2D eigenvalue weighted by Crippen LogP contribution is 2.21. The number of aromatic nitrogens is 2. The molecular formula is C23H32N6O3. The molecule has 0 bridgehead atoms. The van der Waals surface area contributed by atoms with Gasteiger partial charge in [0.05, 0.1) is 18.0 Å². The molecule has 0 radical (unpaired) electrons. The third-order valence-electron chi connectivity index (χ3n) is 4.24. The zero-order valence-corrected chi connectivity index (χ0v) is 19.3. The molecule has 0 aliphatic heterocycles. The number of methoxy groups -OCH3 is 1. The zero-order valence-electron chi connectivity index (χ0n) is 19.3. The lowest BCUT2D eigenvalue weighted by atomic mass is 10.0. The second-order valence-electron chi connectivity index (χ2n) is 8.08. The summed E-state index contributed by atoms with van der Waals surface area (Å²) in [6.07, 6.45) is 4.09. The van der Waals surface area contributed by atoms with Gasteiger partial charge in [-0.2, -0.15) is 0 Å². The maximum atomic E-state index is 11.9. The van der Waals surface area contributed by atoms with Crippen LogP contribution in [0.4, 0.5) is 10.7 Å². The van der Waals surface area contributed by atoms with Gasteiger partial charge in [0.15, 0.2) is 0 Å². The molecule has 1 aromatic heterocycles. The van der Waals surface area contributed by atoms with Gasteiger partial charge >= 0.3 is 6.09 Å². The highest BCUT2D eigenvalue weighted by atomic mass is 16.6. The molecule has 2 rings (SSSR count). The van der Waals surface area contributed by atoms with Gasteiger partial charge in [-0.25, -0.2) is 14.8 Å².